The first-order chi connectivity index (χ1) is 18.5. The van der Waals surface area contributed by atoms with Gasteiger partial charge in [0, 0.05) is 12.7 Å². The molecule has 5 amide bonds. The molecular weight excluding hydrogens is 510 g/mol. The Morgan fingerprint density at radius 2 is 1.79 bits per heavy atom. The summed E-state index contributed by atoms with van der Waals surface area (Å²) < 4.78 is 6.10. The van der Waals surface area contributed by atoms with Crippen molar-refractivity contribution in [3.05, 3.63) is 58.6 Å². The van der Waals surface area contributed by atoms with Gasteiger partial charge in [0.05, 0.1) is 6.04 Å². The van der Waals surface area contributed by atoms with Crippen LogP contribution in [0.15, 0.2) is 47.4 Å². The van der Waals surface area contributed by atoms with E-state index in [-0.39, 0.29) is 18.5 Å². The minimum absolute atomic E-state index is 0.0353. The number of hydrazine groups is 1. The normalized spacial score (nSPS) is 18.5. The number of hydroxylamine groups is 2. The molecule has 2 aromatic rings. The highest BCUT2D eigenvalue weighted by molar-refractivity contribution is 5.90. The zero-order valence-corrected chi connectivity index (χ0v) is 21.9. The van der Waals surface area contributed by atoms with Crippen LogP contribution in [-0.2, 0) is 32.3 Å². The van der Waals surface area contributed by atoms with E-state index in [1.165, 1.54) is 22.2 Å². The smallest absolute Gasteiger partial charge is 0.413 e. The average molecular weight is 542 g/mol. The Morgan fingerprint density at radius 1 is 1.05 bits per heavy atom. The molecule has 2 atom stereocenters. The summed E-state index contributed by atoms with van der Waals surface area (Å²) in [4.78, 5) is 73.0. The van der Waals surface area contributed by atoms with Crippen LogP contribution in [-0.4, -0.2) is 67.7 Å². The minimum Gasteiger partial charge on any atom is -0.444 e. The van der Waals surface area contributed by atoms with Crippen LogP contribution in [0.1, 0.15) is 39.2 Å². The monoisotopic (exact) mass is 541 g/mol. The van der Waals surface area contributed by atoms with Crippen LogP contribution in [0.3, 0.4) is 0 Å². The molecule has 0 aliphatic carbocycles. The number of carbonyl (C=O) groups excluding carboxylic acids is 4. The molecule has 3 heterocycles. The molecule has 4 rings (SSSR count). The predicted octanol–water partition coefficient (Wildman–Crippen LogP) is 1.14. The fraction of sp³-hybridized carbons (Fsp3) is 0.440. The zero-order valence-electron chi connectivity index (χ0n) is 21.9. The average Bonchev–Trinajstić information content (AvgIpc) is 3.11. The van der Waals surface area contributed by atoms with Gasteiger partial charge in [0.15, 0.2) is 0 Å². The van der Waals surface area contributed by atoms with Crippen LogP contribution in [0.5, 0.6) is 0 Å². The first kappa shape index (κ1) is 27.6. The van der Waals surface area contributed by atoms with Gasteiger partial charge >= 0.3 is 17.8 Å². The van der Waals surface area contributed by atoms with Gasteiger partial charge in [-0.25, -0.2) is 14.4 Å². The molecule has 0 radical (unpaired) electrons. The van der Waals surface area contributed by atoms with Crippen molar-refractivity contribution in [3.63, 3.8) is 0 Å². The Hall–Kier alpha value is -4.46. The summed E-state index contributed by atoms with van der Waals surface area (Å²) in [5.41, 5.74) is 3.99. The van der Waals surface area contributed by atoms with E-state index in [9.17, 15) is 24.0 Å². The van der Waals surface area contributed by atoms with Crippen LogP contribution in [0.2, 0.25) is 0 Å². The lowest BCUT2D eigenvalue weighted by molar-refractivity contribution is -0.140. The molecule has 0 saturated carbocycles. The summed E-state index contributed by atoms with van der Waals surface area (Å²) in [6, 6.07) is 9.44. The summed E-state index contributed by atoms with van der Waals surface area (Å²) in [6.07, 6.45) is 1.47. The van der Waals surface area contributed by atoms with Crippen molar-refractivity contribution in [1.29, 1.82) is 0 Å². The molecule has 0 spiro atoms. The van der Waals surface area contributed by atoms with E-state index in [0.717, 1.165) is 10.1 Å². The second kappa shape index (κ2) is 11.5. The third-order valence-corrected chi connectivity index (χ3v) is 5.98. The molecule has 2 fully saturated rings. The number of hydrogen-bond donors (Lipinski definition) is 3. The maximum atomic E-state index is 12.9. The fourth-order valence-electron chi connectivity index (χ4n) is 4.22. The highest BCUT2D eigenvalue weighted by Crippen LogP contribution is 2.30. The number of nitrogens with one attached hydrogen (secondary N) is 3. The number of urea groups is 1. The summed E-state index contributed by atoms with van der Waals surface area (Å²) in [6.45, 7) is 5.22. The van der Waals surface area contributed by atoms with Gasteiger partial charge in [-0.15, -0.1) is 0 Å². The minimum atomic E-state index is -0.790. The van der Waals surface area contributed by atoms with Crippen LogP contribution in [0.4, 0.5) is 15.4 Å². The van der Waals surface area contributed by atoms with E-state index in [0.29, 0.717) is 19.4 Å². The van der Waals surface area contributed by atoms with E-state index in [2.05, 4.69) is 21.2 Å². The number of nitrogens with zero attached hydrogens (tertiary/aromatic N) is 4. The fourth-order valence-corrected chi connectivity index (χ4v) is 4.22. The molecule has 1 aromatic heterocycles. The number of aromatic nitrogens is 2. The topological polar surface area (TPSA) is 164 Å². The second-order valence-electron chi connectivity index (χ2n) is 10.2. The maximum Gasteiger partial charge on any atom is 0.413 e. The van der Waals surface area contributed by atoms with Gasteiger partial charge in [-0.2, -0.15) is 10.0 Å². The number of piperidine rings is 1. The number of carbonyl (C=O) groups is 4. The number of hydrogen-bond acceptors (Lipinski definition) is 8. The molecule has 0 unspecified atom stereocenters. The summed E-state index contributed by atoms with van der Waals surface area (Å²) in [5, 5.41) is 3.66. The van der Waals surface area contributed by atoms with Crippen LogP contribution >= 0.6 is 0 Å². The largest absolute Gasteiger partial charge is 0.444 e. The summed E-state index contributed by atoms with van der Waals surface area (Å²) in [7, 11) is 0. The standard InChI is InChI=1S/C25H31N7O7/c1-25(2,3)39-23(36)27-19-11-12-30(22(35)26-19)14-20(33)28-29-21(34)18-10-9-17-13-31(18)24(37)32(17)38-15-16-7-5-4-6-8-16/h4-8,11-12,17-18H,9-10,13-15H2,1-3H3,(H,28,33)(H,29,34)(H,26,27,35,36)/t17-,18+/m1/s1. The van der Waals surface area contributed by atoms with Gasteiger partial charge in [-0.1, -0.05) is 30.3 Å². The zero-order chi connectivity index (χ0) is 28.2. The number of amides is 5. The molecule has 2 aliphatic heterocycles. The molecule has 1 aromatic carbocycles. The molecule has 2 bridgehead atoms. The lowest BCUT2D eigenvalue weighted by Gasteiger charge is -2.29. The Kier molecular flexibility index (Phi) is 8.14. The van der Waals surface area contributed by atoms with E-state index in [1.54, 1.807) is 20.8 Å². The van der Waals surface area contributed by atoms with Gasteiger partial charge < -0.3 is 9.64 Å². The quantitative estimate of drug-likeness (QED) is 0.439. The molecule has 14 nitrogen and oxygen atoms in total. The van der Waals surface area contributed by atoms with Crippen molar-refractivity contribution in [2.24, 2.45) is 0 Å². The van der Waals surface area contributed by atoms with Gasteiger partial charge in [0.1, 0.15) is 30.6 Å². The van der Waals surface area contributed by atoms with Crippen molar-refractivity contribution in [2.75, 3.05) is 11.9 Å². The van der Waals surface area contributed by atoms with Gasteiger partial charge in [0.2, 0.25) is 0 Å². The number of anilines is 1. The molecule has 3 N–H and O–H groups in total. The number of benzene rings is 1. The molecule has 208 valence electrons. The summed E-state index contributed by atoms with van der Waals surface area (Å²) in [5.74, 6) is -1.27. The first-order valence-electron chi connectivity index (χ1n) is 12.4. The molecule has 39 heavy (non-hydrogen) atoms. The van der Waals surface area contributed by atoms with E-state index < -0.39 is 47.8 Å². The Labute approximate surface area is 224 Å². The highest BCUT2D eigenvalue weighted by atomic mass is 16.7. The lowest BCUT2D eigenvalue weighted by atomic mass is 10.0. The van der Waals surface area contributed by atoms with Crippen molar-refractivity contribution < 1.29 is 28.8 Å². The second-order valence-corrected chi connectivity index (χ2v) is 10.2. The SMILES string of the molecule is CC(C)(C)OC(=O)Nc1ccn(CC(=O)NNC(=O)[C@@H]2CC[C@@H]3CN2C(=O)N3OCc2ccccc2)c(=O)n1. The van der Waals surface area contributed by atoms with Crippen LogP contribution in [0.25, 0.3) is 0 Å². The Balaban J connectivity index is 1.25. The van der Waals surface area contributed by atoms with Gasteiger partial charge in [-0.05, 0) is 45.2 Å². The lowest BCUT2D eigenvalue weighted by Crippen LogP contribution is -2.54. The van der Waals surface area contributed by atoms with Crippen molar-refractivity contribution >= 4 is 29.8 Å². The van der Waals surface area contributed by atoms with Crippen LogP contribution in [0, 0.1) is 0 Å². The number of rotatable bonds is 7. The van der Waals surface area contributed by atoms with Gasteiger partial charge in [0.25, 0.3) is 11.8 Å². The van der Waals surface area contributed by atoms with Crippen LogP contribution < -0.4 is 21.9 Å². The van der Waals surface area contributed by atoms with E-state index in [4.69, 9.17) is 9.57 Å². The molecule has 14 heteroatoms. The Bertz CT molecular complexity index is 1290. The third kappa shape index (κ3) is 7.10. The molecule has 2 aliphatic rings. The van der Waals surface area contributed by atoms with Gasteiger partial charge in [-0.3, -0.25) is 35.2 Å². The molecule has 2 saturated heterocycles. The van der Waals surface area contributed by atoms with Crippen molar-refractivity contribution in [2.45, 2.75) is 64.4 Å². The highest BCUT2D eigenvalue weighted by Gasteiger charge is 2.48. The van der Waals surface area contributed by atoms with E-state index >= 15 is 0 Å². The predicted molar refractivity (Wildman–Crippen MR) is 137 cm³/mol. The maximum absolute atomic E-state index is 12.9. The first-order valence-corrected chi connectivity index (χ1v) is 12.4. The van der Waals surface area contributed by atoms with Crippen molar-refractivity contribution in [3.8, 4) is 0 Å². The Morgan fingerprint density at radius 3 is 2.49 bits per heavy atom. The summed E-state index contributed by atoms with van der Waals surface area (Å²) >= 11 is 0. The number of fused-ring (bicyclic) bond motifs is 2. The number of ether oxygens (including phenoxy) is 1. The third-order valence-electron chi connectivity index (χ3n) is 5.98. The molecular formula is C25H31N7O7. The van der Waals surface area contributed by atoms with E-state index in [1.807, 2.05) is 30.3 Å². The van der Waals surface area contributed by atoms with Crippen molar-refractivity contribution in [1.82, 2.24) is 30.4 Å².